The molecule has 1 unspecified atom stereocenters. The summed E-state index contributed by atoms with van der Waals surface area (Å²) >= 11 is 3.70. The third-order valence-electron chi connectivity index (χ3n) is 7.98. The Labute approximate surface area is 367 Å². The molecule has 0 aliphatic rings. The number of rotatable bonds is 19. The smallest absolute Gasteiger partial charge is 0.753 e. The minimum absolute atomic E-state index is 0. The number of unbranched alkanes of at least 4 members (excludes halogenated alkanes) is 1. The number of hydrogen-bond acceptors (Lipinski definition) is 13. The van der Waals surface area contributed by atoms with E-state index < -0.39 is 11.9 Å². The van der Waals surface area contributed by atoms with E-state index in [1.54, 1.807) is 79.2 Å². The zero-order chi connectivity index (χ0) is 43.6. The second kappa shape index (κ2) is 28.0. The largest absolute Gasteiger partial charge is 2.00 e. The Morgan fingerprint density at radius 3 is 1.74 bits per heavy atom. The zero-order valence-corrected chi connectivity index (χ0v) is 35.2. The third kappa shape index (κ3) is 18.1. The number of carbonyl (C=O) groups is 3. The van der Waals surface area contributed by atoms with Crippen molar-refractivity contribution in [1.29, 1.82) is 0 Å². The number of ether oxygens (including phenoxy) is 4. The predicted octanol–water partition coefficient (Wildman–Crippen LogP) is 9.01. The SMILES string of the molecule is CCCCC(CC)COc1ccc(-c2cc(C(F)(F)F)n[n-]2)nc1.O=CO/C=C/c1ccnc(-c2cc(/C=C/OC=O)cc(-c3cc(/C=C/OC=O)ccn3)n2)c1.[N-]=C=S.[Ru+2]. The number of isothiocyanates is 1. The number of thiocarbonyl (C=S) groups is 1. The van der Waals surface area contributed by atoms with Crippen LogP contribution in [-0.2, 0) is 54.2 Å². The molecule has 0 N–H and O–H groups in total. The van der Waals surface area contributed by atoms with E-state index >= 15 is 0 Å². The van der Waals surface area contributed by atoms with Gasteiger partial charge >= 0.3 is 25.7 Å². The first kappa shape index (κ1) is 50.6. The summed E-state index contributed by atoms with van der Waals surface area (Å²) in [5, 5.41) is 15.1. The number of halogens is 3. The molecule has 5 rings (SSSR count). The van der Waals surface area contributed by atoms with Crippen LogP contribution in [0.5, 0.6) is 5.75 Å². The van der Waals surface area contributed by atoms with E-state index in [1.165, 1.54) is 36.6 Å². The van der Waals surface area contributed by atoms with Crippen molar-refractivity contribution in [3.05, 3.63) is 120 Å². The molecule has 0 fully saturated rings. The summed E-state index contributed by atoms with van der Waals surface area (Å²) in [6, 6.07) is 14.8. The first-order valence-corrected chi connectivity index (χ1v) is 18.4. The normalized spacial score (nSPS) is 11.2. The van der Waals surface area contributed by atoms with Crippen LogP contribution in [0.15, 0.2) is 92.0 Å². The maximum atomic E-state index is 12.5. The van der Waals surface area contributed by atoms with Gasteiger partial charge in [0.2, 0.25) is 0 Å². The molecule has 0 bridgehead atoms. The Bertz CT molecular complexity index is 2170. The van der Waals surface area contributed by atoms with Crippen molar-refractivity contribution in [1.82, 2.24) is 30.1 Å². The van der Waals surface area contributed by atoms with E-state index in [9.17, 15) is 27.6 Å². The summed E-state index contributed by atoms with van der Waals surface area (Å²) in [4.78, 5) is 48.7. The molecule has 0 aliphatic heterocycles. The van der Waals surface area contributed by atoms with Gasteiger partial charge in [-0.15, -0.1) is 0 Å². The summed E-state index contributed by atoms with van der Waals surface area (Å²) in [7, 11) is 0. The Morgan fingerprint density at radius 2 is 1.30 bits per heavy atom. The third-order valence-corrected chi connectivity index (χ3v) is 7.98. The Morgan fingerprint density at radius 1 is 0.770 bits per heavy atom. The summed E-state index contributed by atoms with van der Waals surface area (Å²) in [6.07, 6.45) is 13.3. The molecule has 0 radical (unpaired) electrons. The molecule has 1 atom stereocenters. The average Bonchev–Trinajstić information content (AvgIpc) is 3.77. The summed E-state index contributed by atoms with van der Waals surface area (Å²) < 4.78 is 57.2. The minimum Gasteiger partial charge on any atom is -0.753 e. The Balaban J connectivity index is 0.000000405. The molecule has 5 heterocycles. The fraction of sp³-hybridized carbons (Fsp3) is 0.214. The van der Waals surface area contributed by atoms with Gasteiger partial charge in [-0.1, -0.05) is 51.0 Å². The van der Waals surface area contributed by atoms with Crippen LogP contribution in [-0.4, -0.2) is 56.2 Å². The fourth-order valence-corrected chi connectivity index (χ4v) is 5.03. The molecule has 0 spiro atoms. The van der Waals surface area contributed by atoms with Gasteiger partial charge in [-0.25, -0.2) is 4.98 Å². The van der Waals surface area contributed by atoms with Gasteiger partial charge in [0.15, 0.2) is 0 Å². The molecule has 0 amide bonds. The predicted molar refractivity (Wildman–Crippen MR) is 220 cm³/mol. The number of aromatic nitrogens is 6. The number of carbonyl (C=O) groups excluding carboxylic acids is 3. The quantitative estimate of drug-likeness (QED) is 0.0190. The standard InChI is InChI=1S/C24H17N3O6.C17H21F3N3O.CNS.Ru/c28-15-31-8-3-18-1-6-25-21(11-18)23-13-20(5-10-33-17-30)14-24(27-23)22-12-19(2-7-26-22)4-9-32-16-29;1-3-5-6-12(4-2)11-24-13-7-8-14(21-10-13)15-9-16(23-22-15)17(18,19)20;2-1-3;/h1-17H;7-10,12H,3-6,11H2,1-2H3;;/q;2*-1;+2/b8-3+,9-4+,10-5+;;;. The molecular formula is C42H38F3N7O7RuS. The van der Waals surface area contributed by atoms with Crippen molar-refractivity contribution < 1.29 is 66.0 Å². The molecule has 0 aliphatic carbocycles. The van der Waals surface area contributed by atoms with Crippen LogP contribution < -0.4 is 9.84 Å². The Hall–Kier alpha value is -6.55. The average molecular weight is 943 g/mol. The van der Waals surface area contributed by atoms with E-state index in [2.05, 4.69) is 70.4 Å². The van der Waals surface area contributed by atoms with Crippen LogP contribution >= 0.6 is 12.2 Å². The van der Waals surface area contributed by atoms with Crippen molar-refractivity contribution in [2.45, 2.75) is 45.7 Å². The summed E-state index contributed by atoms with van der Waals surface area (Å²) in [5.74, 6) is 1.10. The minimum atomic E-state index is -4.50. The molecular weight excluding hydrogens is 905 g/mol. The molecule has 0 saturated heterocycles. The van der Waals surface area contributed by atoms with Crippen LogP contribution in [0.2, 0.25) is 0 Å². The number of pyridine rings is 4. The van der Waals surface area contributed by atoms with Gasteiger partial charge in [-0.2, -0.15) is 18.3 Å². The van der Waals surface area contributed by atoms with Gasteiger partial charge in [-0.05, 0) is 102 Å². The summed E-state index contributed by atoms with van der Waals surface area (Å²) in [5.41, 5.74) is 3.81. The molecule has 5 aromatic heterocycles. The van der Waals surface area contributed by atoms with Gasteiger partial charge < -0.3 is 34.6 Å². The number of nitrogens with zero attached hydrogens (tertiary/aromatic N) is 7. The molecule has 19 heteroatoms. The van der Waals surface area contributed by atoms with Gasteiger partial charge in [0, 0.05) is 18.1 Å². The maximum absolute atomic E-state index is 12.5. The number of hydrogen-bond donors (Lipinski definition) is 0. The van der Waals surface area contributed by atoms with Gasteiger partial charge in [0.25, 0.3) is 19.4 Å². The van der Waals surface area contributed by atoms with E-state index in [4.69, 9.17) is 10.1 Å². The fourth-order valence-electron chi connectivity index (χ4n) is 5.03. The second-order valence-corrected chi connectivity index (χ2v) is 12.2. The first-order chi connectivity index (χ1) is 29.1. The Kier molecular flexibility index (Phi) is 23.2. The zero-order valence-electron chi connectivity index (χ0n) is 32.6. The van der Waals surface area contributed by atoms with Gasteiger partial charge in [0.05, 0.1) is 54.4 Å². The van der Waals surface area contributed by atoms with Gasteiger partial charge in [-0.3, -0.25) is 29.3 Å². The van der Waals surface area contributed by atoms with Gasteiger partial charge in [0.1, 0.15) is 11.4 Å². The molecule has 318 valence electrons. The van der Waals surface area contributed by atoms with E-state index in [0.29, 0.717) is 71.7 Å². The van der Waals surface area contributed by atoms with Crippen LogP contribution in [0.4, 0.5) is 13.2 Å². The molecule has 14 nitrogen and oxygen atoms in total. The van der Waals surface area contributed by atoms with Crippen molar-refractivity contribution >= 4 is 55.0 Å². The van der Waals surface area contributed by atoms with Crippen molar-refractivity contribution in [2.24, 2.45) is 5.92 Å². The van der Waals surface area contributed by atoms with Crippen molar-refractivity contribution in [2.75, 3.05) is 6.61 Å². The van der Waals surface area contributed by atoms with Crippen molar-refractivity contribution in [3.8, 4) is 39.9 Å². The molecule has 5 aromatic rings. The van der Waals surface area contributed by atoms with E-state index in [-0.39, 0.29) is 25.2 Å². The second-order valence-electron chi connectivity index (χ2n) is 12.0. The van der Waals surface area contributed by atoms with Crippen LogP contribution in [0, 0.1) is 5.92 Å². The van der Waals surface area contributed by atoms with E-state index in [0.717, 1.165) is 36.5 Å². The topological polar surface area (TPSA) is 189 Å². The van der Waals surface area contributed by atoms with E-state index in [1.807, 2.05) is 0 Å². The van der Waals surface area contributed by atoms with Crippen molar-refractivity contribution in [3.63, 3.8) is 0 Å². The number of alkyl halides is 3. The molecule has 0 saturated carbocycles. The van der Waals surface area contributed by atoms with Crippen LogP contribution in [0.25, 0.3) is 57.8 Å². The maximum Gasteiger partial charge on any atom is 2.00 e. The summed E-state index contributed by atoms with van der Waals surface area (Å²) in [6.45, 7) is 5.88. The molecule has 0 aromatic carbocycles. The first-order valence-electron chi connectivity index (χ1n) is 18.0. The molecule has 61 heavy (non-hydrogen) atoms. The monoisotopic (exact) mass is 943 g/mol. The van der Waals surface area contributed by atoms with Crippen LogP contribution in [0.3, 0.4) is 0 Å². The van der Waals surface area contributed by atoms with Crippen LogP contribution in [0.1, 0.15) is 61.9 Å².